The molecule has 0 heterocycles. The molecule has 1 aromatic carbocycles. The van der Waals surface area contributed by atoms with E-state index < -0.39 is 23.5 Å². The van der Waals surface area contributed by atoms with Crippen LogP contribution in [0.15, 0.2) is 10.5 Å². The first-order chi connectivity index (χ1) is 11.5. The summed E-state index contributed by atoms with van der Waals surface area (Å²) in [6.07, 6.45) is 0.526. The zero-order valence-corrected chi connectivity index (χ0v) is 18.6. The number of halogens is 3. The summed E-state index contributed by atoms with van der Waals surface area (Å²) in [4.78, 5) is 23.6. The molecule has 0 fully saturated rings. The molecule has 0 aliphatic rings. The van der Waals surface area contributed by atoms with Crippen LogP contribution < -0.4 is 5.32 Å². The number of alkyl carbamates (subject to hydrolysis) is 1. The van der Waals surface area contributed by atoms with Crippen LogP contribution in [0.25, 0.3) is 0 Å². The van der Waals surface area contributed by atoms with Gasteiger partial charge in [-0.2, -0.15) is 0 Å². The zero-order chi connectivity index (χ0) is 19.4. The van der Waals surface area contributed by atoms with Gasteiger partial charge in [-0.3, -0.25) is 0 Å². The van der Waals surface area contributed by atoms with Gasteiger partial charge in [0.25, 0.3) is 0 Å². The van der Waals surface area contributed by atoms with Gasteiger partial charge in [0.05, 0.1) is 17.1 Å². The van der Waals surface area contributed by atoms with Gasteiger partial charge in [0.15, 0.2) is 0 Å². The number of carbonyl (C=O) groups excluding carboxylic acids is 2. The SMILES string of the molecule is COC(=O)c1cc(F)c(Br)c(CCC(C)NC(=O)OC(C)(C)C)c1I. The van der Waals surface area contributed by atoms with Crippen molar-refractivity contribution in [1.29, 1.82) is 0 Å². The van der Waals surface area contributed by atoms with Crippen LogP contribution in [0.4, 0.5) is 9.18 Å². The molecule has 1 N–H and O–H groups in total. The number of carbonyl (C=O) groups is 2. The smallest absolute Gasteiger partial charge is 0.407 e. The third kappa shape index (κ3) is 6.73. The fourth-order valence-corrected chi connectivity index (χ4v) is 3.87. The van der Waals surface area contributed by atoms with E-state index in [0.29, 0.717) is 26.4 Å². The van der Waals surface area contributed by atoms with Crippen LogP contribution in [-0.4, -0.2) is 30.8 Å². The van der Waals surface area contributed by atoms with Gasteiger partial charge < -0.3 is 14.8 Å². The van der Waals surface area contributed by atoms with Crippen LogP contribution in [0.3, 0.4) is 0 Å². The Kier molecular flexibility index (Phi) is 8.11. The molecule has 0 saturated carbocycles. The Balaban J connectivity index is 2.84. The van der Waals surface area contributed by atoms with E-state index in [2.05, 4.69) is 21.2 Å². The summed E-state index contributed by atoms with van der Waals surface area (Å²) in [6, 6.07) is 0.978. The van der Waals surface area contributed by atoms with E-state index in [-0.39, 0.29) is 11.6 Å². The summed E-state index contributed by atoms with van der Waals surface area (Å²) < 4.78 is 24.9. The highest BCUT2D eigenvalue weighted by Gasteiger charge is 2.21. The highest BCUT2D eigenvalue weighted by atomic mass is 127. The van der Waals surface area contributed by atoms with Crippen LogP contribution in [0, 0.1) is 9.39 Å². The average Bonchev–Trinajstić information content (AvgIpc) is 2.48. The van der Waals surface area contributed by atoms with Crippen molar-refractivity contribution in [2.24, 2.45) is 0 Å². The van der Waals surface area contributed by atoms with Gasteiger partial charge in [-0.1, -0.05) is 0 Å². The third-order valence-corrected chi connectivity index (χ3v) is 5.33. The van der Waals surface area contributed by atoms with E-state index in [9.17, 15) is 14.0 Å². The number of benzene rings is 1. The Morgan fingerprint density at radius 1 is 1.40 bits per heavy atom. The van der Waals surface area contributed by atoms with E-state index in [1.165, 1.54) is 7.11 Å². The highest BCUT2D eigenvalue weighted by molar-refractivity contribution is 14.1. The van der Waals surface area contributed by atoms with Crippen molar-refractivity contribution in [3.63, 3.8) is 0 Å². The monoisotopic (exact) mass is 529 g/mol. The Labute approximate surface area is 169 Å². The van der Waals surface area contributed by atoms with Gasteiger partial charge in [0.1, 0.15) is 11.4 Å². The normalized spacial score (nSPS) is 12.5. The molecule has 25 heavy (non-hydrogen) atoms. The second kappa shape index (κ2) is 9.16. The predicted molar refractivity (Wildman–Crippen MR) is 105 cm³/mol. The van der Waals surface area contributed by atoms with Crippen LogP contribution in [0.1, 0.15) is 50.0 Å². The second-order valence-corrected chi connectivity index (χ2v) is 8.46. The zero-order valence-electron chi connectivity index (χ0n) is 14.8. The fraction of sp³-hybridized carbons (Fsp3) is 0.529. The molecule has 1 unspecified atom stereocenters. The van der Waals surface area contributed by atoms with Crippen molar-refractivity contribution in [3.05, 3.63) is 31.1 Å². The summed E-state index contributed by atoms with van der Waals surface area (Å²) in [5.74, 6) is -1.11. The largest absolute Gasteiger partial charge is 0.465 e. The molecule has 0 bridgehead atoms. The van der Waals surface area contributed by atoms with Crippen LogP contribution in [-0.2, 0) is 15.9 Å². The molecule has 0 aromatic heterocycles. The van der Waals surface area contributed by atoms with Crippen LogP contribution >= 0.6 is 38.5 Å². The first-order valence-electron chi connectivity index (χ1n) is 7.70. The lowest BCUT2D eigenvalue weighted by Gasteiger charge is -2.22. The van der Waals surface area contributed by atoms with Crippen molar-refractivity contribution in [1.82, 2.24) is 5.32 Å². The molecule has 1 aromatic rings. The minimum Gasteiger partial charge on any atom is -0.465 e. The maximum Gasteiger partial charge on any atom is 0.407 e. The minimum atomic E-state index is -0.586. The molecule has 0 spiro atoms. The number of ether oxygens (including phenoxy) is 2. The maximum absolute atomic E-state index is 14.1. The summed E-state index contributed by atoms with van der Waals surface area (Å²) >= 11 is 5.24. The standard InChI is InChI=1S/C17H22BrFINO4/c1-9(21-16(23)25-17(2,3)4)6-7-10-13(18)12(19)8-11(14(10)20)15(22)24-5/h8-9H,6-7H2,1-5H3,(H,21,23). The molecule has 5 nitrogen and oxygen atoms in total. The molecule has 0 radical (unpaired) electrons. The van der Waals surface area contributed by atoms with Gasteiger partial charge in [0.2, 0.25) is 0 Å². The first kappa shape index (κ1) is 22.1. The third-order valence-electron chi connectivity index (χ3n) is 3.24. The topological polar surface area (TPSA) is 64.6 Å². The molecule has 1 rings (SSSR count). The molecule has 1 atom stereocenters. The molecule has 1 amide bonds. The van der Waals surface area contributed by atoms with Crippen molar-refractivity contribution in [2.45, 2.75) is 52.2 Å². The van der Waals surface area contributed by atoms with Crippen molar-refractivity contribution in [2.75, 3.05) is 7.11 Å². The molecule has 0 saturated heterocycles. The van der Waals surface area contributed by atoms with Crippen molar-refractivity contribution in [3.8, 4) is 0 Å². The number of hydrogen-bond donors (Lipinski definition) is 1. The number of nitrogens with one attached hydrogen (secondary N) is 1. The number of amides is 1. The van der Waals surface area contributed by atoms with Gasteiger partial charge >= 0.3 is 12.1 Å². The maximum atomic E-state index is 14.1. The average molecular weight is 530 g/mol. The number of rotatable bonds is 5. The Bertz CT molecular complexity index is 661. The second-order valence-electron chi connectivity index (χ2n) is 6.59. The lowest BCUT2D eigenvalue weighted by atomic mass is 10.0. The molecule has 0 aliphatic heterocycles. The van der Waals surface area contributed by atoms with E-state index in [4.69, 9.17) is 9.47 Å². The first-order valence-corrected chi connectivity index (χ1v) is 9.57. The Morgan fingerprint density at radius 2 is 2.00 bits per heavy atom. The molecular formula is C17H22BrFINO4. The van der Waals surface area contributed by atoms with Crippen LogP contribution in [0.5, 0.6) is 0 Å². The van der Waals surface area contributed by atoms with Gasteiger partial charge in [-0.15, -0.1) is 0 Å². The van der Waals surface area contributed by atoms with Gasteiger partial charge in [-0.25, -0.2) is 14.0 Å². The number of esters is 1. The Morgan fingerprint density at radius 3 is 2.52 bits per heavy atom. The van der Waals surface area contributed by atoms with E-state index in [1.54, 1.807) is 20.8 Å². The predicted octanol–water partition coefficient (Wildman–Crippen LogP) is 4.83. The Hall–Kier alpha value is -0.900. The molecular weight excluding hydrogens is 508 g/mol. The van der Waals surface area contributed by atoms with E-state index >= 15 is 0 Å². The lowest BCUT2D eigenvalue weighted by molar-refractivity contribution is 0.0505. The highest BCUT2D eigenvalue weighted by Crippen LogP contribution is 2.30. The molecule has 140 valence electrons. The van der Waals surface area contributed by atoms with E-state index in [0.717, 1.165) is 6.07 Å². The number of methoxy groups -OCH3 is 1. The molecule has 0 aliphatic carbocycles. The molecule has 8 heteroatoms. The van der Waals surface area contributed by atoms with Gasteiger partial charge in [-0.05, 0) is 90.7 Å². The summed E-state index contributed by atoms with van der Waals surface area (Å²) in [7, 11) is 1.25. The lowest BCUT2D eigenvalue weighted by Crippen LogP contribution is -2.37. The van der Waals surface area contributed by atoms with E-state index in [1.807, 2.05) is 29.5 Å². The summed E-state index contributed by atoms with van der Waals surface area (Å²) in [5, 5.41) is 2.74. The van der Waals surface area contributed by atoms with Crippen molar-refractivity contribution < 1.29 is 23.5 Å². The van der Waals surface area contributed by atoms with Crippen LogP contribution in [0.2, 0.25) is 0 Å². The van der Waals surface area contributed by atoms with Crippen molar-refractivity contribution >= 4 is 50.6 Å². The fourth-order valence-electron chi connectivity index (χ4n) is 2.08. The summed E-state index contributed by atoms with van der Waals surface area (Å²) in [5.41, 5.74) is 0.283. The quantitative estimate of drug-likeness (QED) is 0.337. The minimum absolute atomic E-state index is 0.178. The van der Waals surface area contributed by atoms with Gasteiger partial charge in [0, 0.05) is 9.61 Å². The summed E-state index contributed by atoms with van der Waals surface area (Å²) in [6.45, 7) is 7.21. The number of hydrogen-bond acceptors (Lipinski definition) is 4.